The van der Waals surface area contributed by atoms with Crippen molar-refractivity contribution in [1.82, 2.24) is 20.6 Å². The van der Waals surface area contributed by atoms with E-state index in [1.54, 1.807) is 0 Å². The van der Waals surface area contributed by atoms with Crippen molar-refractivity contribution in [2.75, 3.05) is 13.7 Å². The van der Waals surface area contributed by atoms with Crippen molar-refractivity contribution in [2.24, 2.45) is 41.4 Å². The van der Waals surface area contributed by atoms with Crippen molar-refractivity contribution in [3.8, 4) is 0 Å². The molecule has 8 bridgehead atoms. The SMILES string of the molecule is CCc1c2[nH]c(c1C)/C=C1\NC(=C(C)C1CC)/C=C1\NC(C3=c4[nH]/c(c(C)c4C(=O)[C@@H]3C(=O)OC)=C\2)[C@@H](CCC(=O)OC/C=C(\C)CCC[C@H](C)CCC[C@H](C)CCCC(C)C)[C@@H]1C. The van der Waals surface area contributed by atoms with E-state index in [2.05, 4.69) is 114 Å². The molecule has 350 valence electrons. The standard InChI is InChI=1S/C55H80N4O5/c1-13-39-35(8)42-28-44-37(10)41(24-25-48(60)64-27-26-34(7)23-17-22-33(6)21-16-20-32(5)19-15-18-31(3)4)52(58-44)50-51(55(62)63-12)54(61)49-38(11)45(59-53(49)50)30-47-40(14-2)36(9)43(57-47)29-46(39)56-42/h26,28-33,37,39,41,51-52,56-59H,13-25,27H2,1-12H3/b34-26+,44-28-,45-30-,46-29-/t32-,33-,37+,39?,41+,51-,52?/m1/s1. The van der Waals surface area contributed by atoms with Gasteiger partial charge in [0.15, 0.2) is 5.78 Å². The maximum absolute atomic E-state index is 14.4. The first-order valence-electron chi connectivity index (χ1n) is 24.8. The van der Waals surface area contributed by atoms with E-state index in [0.717, 1.165) is 82.8 Å². The zero-order chi connectivity index (χ0) is 46.4. The van der Waals surface area contributed by atoms with E-state index >= 15 is 0 Å². The fourth-order valence-electron chi connectivity index (χ4n) is 11.1. The molecule has 1 saturated heterocycles. The molecule has 2 aromatic rings. The van der Waals surface area contributed by atoms with Gasteiger partial charge in [-0.25, -0.2) is 0 Å². The Bertz CT molecular complexity index is 2300. The van der Waals surface area contributed by atoms with Crippen molar-refractivity contribution >= 4 is 35.4 Å². The van der Waals surface area contributed by atoms with E-state index in [1.807, 2.05) is 6.92 Å². The number of ketones is 1. The number of carbonyl (C=O) groups excluding carboxylic acids is 3. The topological polar surface area (TPSA) is 125 Å². The number of hydrogen-bond acceptors (Lipinski definition) is 7. The molecule has 0 aromatic carbocycles. The highest BCUT2D eigenvalue weighted by Crippen LogP contribution is 2.43. The Kier molecular flexibility index (Phi) is 16.5. The molecule has 5 heterocycles. The van der Waals surface area contributed by atoms with Crippen LogP contribution >= 0.6 is 0 Å². The van der Waals surface area contributed by atoms with Crippen molar-refractivity contribution in [3.63, 3.8) is 0 Å². The summed E-state index contributed by atoms with van der Waals surface area (Å²) < 4.78 is 11.2. The molecule has 7 atom stereocenters. The maximum Gasteiger partial charge on any atom is 0.320 e. The van der Waals surface area contributed by atoms with Gasteiger partial charge in [0.2, 0.25) is 0 Å². The Morgan fingerprint density at radius 2 is 1.53 bits per heavy atom. The number of ether oxygens (including phenoxy) is 2. The average Bonchev–Trinajstić information content (AvgIpc) is 3.99. The summed E-state index contributed by atoms with van der Waals surface area (Å²) in [7, 11) is 1.34. The van der Waals surface area contributed by atoms with Gasteiger partial charge >= 0.3 is 11.9 Å². The lowest BCUT2D eigenvalue weighted by Crippen LogP contribution is -2.38. The van der Waals surface area contributed by atoms with Gasteiger partial charge in [-0.05, 0) is 136 Å². The highest BCUT2D eigenvalue weighted by molar-refractivity contribution is 6.19. The molecule has 9 nitrogen and oxygen atoms in total. The minimum absolute atomic E-state index is 0.0155. The second-order valence-corrected chi connectivity index (χ2v) is 20.3. The Labute approximate surface area is 384 Å². The third-order valence-corrected chi connectivity index (χ3v) is 15.3. The smallest absolute Gasteiger partial charge is 0.320 e. The average molecular weight is 877 g/mol. The number of Topliss-reactive ketones (excluding diaryl/α,β-unsaturated/α-hetero) is 1. The molecule has 9 heteroatoms. The molecule has 6 rings (SSSR count). The predicted molar refractivity (Wildman–Crippen MR) is 260 cm³/mol. The van der Waals surface area contributed by atoms with Gasteiger partial charge in [-0.15, -0.1) is 0 Å². The highest BCUT2D eigenvalue weighted by Gasteiger charge is 2.49. The van der Waals surface area contributed by atoms with Crippen molar-refractivity contribution < 1.29 is 23.9 Å². The van der Waals surface area contributed by atoms with E-state index < -0.39 is 17.9 Å². The number of aromatic nitrogens is 2. The molecule has 2 aromatic heterocycles. The van der Waals surface area contributed by atoms with Crippen molar-refractivity contribution in [3.05, 3.63) is 84.7 Å². The van der Waals surface area contributed by atoms with E-state index in [-0.39, 0.29) is 42.5 Å². The Morgan fingerprint density at radius 3 is 2.19 bits per heavy atom. The lowest BCUT2D eigenvalue weighted by atomic mass is 9.80. The lowest BCUT2D eigenvalue weighted by molar-refractivity contribution is -0.143. The third kappa shape index (κ3) is 10.8. The Morgan fingerprint density at radius 1 is 0.844 bits per heavy atom. The number of aromatic amines is 2. The quantitative estimate of drug-likeness (QED) is 0.0593. The van der Waals surface area contributed by atoms with Crippen LogP contribution < -0.4 is 21.3 Å². The summed E-state index contributed by atoms with van der Waals surface area (Å²) in [5.74, 6) is 0.307. The van der Waals surface area contributed by atoms with Crippen LogP contribution in [0.3, 0.4) is 0 Å². The van der Waals surface area contributed by atoms with Crippen LogP contribution in [0.5, 0.6) is 0 Å². The Balaban J connectivity index is 1.20. The molecule has 4 N–H and O–H groups in total. The predicted octanol–water partition coefficient (Wildman–Crippen LogP) is 10.6. The minimum Gasteiger partial charge on any atom is -0.468 e. The lowest BCUT2D eigenvalue weighted by Gasteiger charge is -2.25. The fraction of sp³-hybridized carbons (Fsp3) is 0.618. The van der Waals surface area contributed by atoms with E-state index in [4.69, 9.17) is 9.47 Å². The highest BCUT2D eigenvalue weighted by atomic mass is 16.5. The van der Waals surface area contributed by atoms with Crippen LogP contribution in [0.1, 0.15) is 178 Å². The third-order valence-electron chi connectivity index (χ3n) is 15.3. The zero-order valence-electron chi connectivity index (χ0n) is 41.4. The first-order chi connectivity index (χ1) is 30.6. The normalized spacial score (nSPS) is 24.7. The van der Waals surface area contributed by atoms with Gasteiger partial charge in [0.05, 0.1) is 18.5 Å². The second-order valence-electron chi connectivity index (χ2n) is 20.3. The van der Waals surface area contributed by atoms with Crippen LogP contribution in [0.15, 0.2) is 40.4 Å². The van der Waals surface area contributed by atoms with Crippen LogP contribution in [0.25, 0.3) is 17.7 Å². The number of hydrogen-bond donors (Lipinski definition) is 4. The van der Waals surface area contributed by atoms with Gasteiger partial charge in [-0.3, -0.25) is 14.4 Å². The number of fused-ring (bicyclic) bond motifs is 8. The summed E-state index contributed by atoms with van der Waals surface area (Å²) in [6.45, 7) is 24.7. The van der Waals surface area contributed by atoms with E-state index in [1.165, 1.54) is 74.3 Å². The fourth-order valence-corrected chi connectivity index (χ4v) is 11.1. The molecule has 1 aliphatic carbocycles. The second kappa shape index (κ2) is 21.6. The molecule has 0 saturated carbocycles. The monoisotopic (exact) mass is 877 g/mol. The Hall–Kier alpha value is -4.53. The van der Waals surface area contributed by atoms with Gasteiger partial charge in [0.25, 0.3) is 0 Å². The summed E-state index contributed by atoms with van der Waals surface area (Å²) in [5.41, 5.74) is 12.3. The summed E-state index contributed by atoms with van der Waals surface area (Å²) in [4.78, 5) is 48.9. The van der Waals surface area contributed by atoms with Crippen LogP contribution in [0.4, 0.5) is 0 Å². The molecule has 0 amide bonds. The van der Waals surface area contributed by atoms with Crippen LogP contribution in [-0.4, -0.2) is 47.4 Å². The number of rotatable bonds is 20. The molecule has 0 spiro atoms. The molecular formula is C55H80N4O5. The van der Waals surface area contributed by atoms with Gasteiger partial charge in [0.1, 0.15) is 12.5 Å². The summed E-state index contributed by atoms with van der Waals surface area (Å²) in [6, 6.07) is -0.408. The van der Waals surface area contributed by atoms with E-state index in [0.29, 0.717) is 22.9 Å². The molecular weight excluding hydrogens is 797 g/mol. The zero-order valence-corrected chi connectivity index (χ0v) is 41.4. The van der Waals surface area contributed by atoms with Crippen molar-refractivity contribution in [2.45, 2.75) is 166 Å². The first-order valence-corrected chi connectivity index (χ1v) is 24.8. The number of allylic oxidation sites excluding steroid dienone is 4. The molecule has 1 fully saturated rings. The molecule has 64 heavy (non-hydrogen) atoms. The summed E-state index contributed by atoms with van der Waals surface area (Å²) in [5, 5.41) is 9.12. The molecule has 0 radical (unpaired) electrons. The minimum atomic E-state index is -1.09. The van der Waals surface area contributed by atoms with Gasteiger partial charge < -0.3 is 30.1 Å². The van der Waals surface area contributed by atoms with Crippen molar-refractivity contribution in [1.29, 1.82) is 0 Å². The number of H-pyrrole nitrogens is 2. The van der Waals surface area contributed by atoms with Crippen LogP contribution in [-0.2, 0) is 25.5 Å². The molecule has 4 aliphatic rings. The molecule has 2 unspecified atom stereocenters. The maximum atomic E-state index is 14.4. The largest absolute Gasteiger partial charge is 0.468 e. The summed E-state index contributed by atoms with van der Waals surface area (Å²) in [6.07, 6.45) is 22.6. The number of esters is 2. The first kappa shape index (κ1) is 48.9. The number of carbonyl (C=O) groups is 3. The molecule has 3 aliphatic heterocycles. The summed E-state index contributed by atoms with van der Waals surface area (Å²) >= 11 is 0. The van der Waals surface area contributed by atoms with Crippen LogP contribution in [0, 0.1) is 55.3 Å². The van der Waals surface area contributed by atoms with Gasteiger partial charge in [0, 0.05) is 57.6 Å². The van der Waals surface area contributed by atoms with Gasteiger partial charge in [-0.1, -0.05) is 99.0 Å². The number of nitrogens with one attached hydrogen (secondary N) is 4. The number of methoxy groups -OCH3 is 1. The van der Waals surface area contributed by atoms with Gasteiger partial charge in [-0.2, -0.15) is 0 Å². The van der Waals surface area contributed by atoms with Crippen LogP contribution in [0.2, 0.25) is 0 Å². The van der Waals surface area contributed by atoms with E-state index in [9.17, 15) is 14.4 Å².